The van der Waals surface area contributed by atoms with Crippen LogP contribution in [0.1, 0.15) is 43.9 Å². The van der Waals surface area contributed by atoms with E-state index in [1.807, 2.05) is 12.3 Å². The highest BCUT2D eigenvalue weighted by Crippen LogP contribution is 2.35. The largest absolute Gasteiger partial charge is 0.314 e. The summed E-state index contributed by atoms with van der Waals surface area (Å²) in [7, 11) is 0. The number of pyridine rings is 1. The molecule has 1 unspecified atom stereocenters. The maximum absolute atomic E-state index is 13.2. The molecule has 21 heavy (non-hydrogen) atoms. The minimum Gasteiger partial charge on any atom is -0.314 e. The van der Waals surface area contributed by atoms with Crippen molar-refractivity contribution in [2.24, 2.45) is 0 Å². The fourth-order valence-corrected chi connectivity index (χ4v) is 3.67. The minimum atomic E-state index is -0.404. The number of hydrogen-bond acceptors (Lipinski definition) is 4. The van der Waals surface area contributed by atoms with Crippen LogP contribution in [0.25, 0.3) is 0 Å². The lowest BCUT2D eigenvalue weighted by Crippen LogP contribution is -2.58. The summed E-state index contributed by atoms with van der Waals surface area (Å²) in [4.78, 5) is 20.0. The number of fused-ring (bicyclic) bond motifs is 1. The van der Waals surface area contributed by atoms with Crippen LogP contribution in [0.2, 0.25) is 0 Å². The van der Waals surface area contributed by atoms with Crippen molar-refractivity contribution in [3.63, 3.8) is 0 Å². The van der Waals surface area contributed by atoms with Crippen LogP contribution in [-0.4, -0.2) is 47.4 Å². The average molecular weight is 287 g/mol. The monoisotopic (exact) mass is 287 g/mol. The summed E-state index contributed by atoms with van der Waals surface area (Å²) in [5.41, 5.74) is 1.88. The van der Waals surface area contributed by atoms with Crippen LogP contribution in [0, 0.1) is 0 Å². The highest BCUT2D eigenvalue weighted by Gasteiger charge is 2.41. The Hall–Kier alpha value is -1.26. The van der Waals surface area contributed by atoms with Crippen molar-refractivity contribution < 1.29 is 4.79 Å². The molecule has 2 heterocycles. The molecule has 1 aliphatic carbocycles. The third-order valence-corrected chi connectivity index (χ3v) is 5.02. The second kappa shape index (κ2) is 5.85. The fraction of sp³-hybridized carbons (Fsp3) is 0.647. The second-order valence-corrected chi connectivity index (χ2v) is 6.65. The predicted molar refractivity (Wildman–Crippen MR) is 83.4 cm³/mol. The van der Waals surface area contributed by atoms with Gasteiger partial charge in [-0.15, -0.1) is 0 Å². The van der Waals surface area contributed by atoms with E-state index in [9.17, 15) is 4.79 Å². The third-order valence-electron chi connectivity index (χ3n) is 5.02. The molecule has 1 aromatic rings. The van der Waals surface area contributed by atoms with Crippen molar-refractivity contribution in [2.75, 3.05) is 26.2 Å². The first-order valence-electron chi connectivity index (χ1n) is 8.04. The van der Waals surface area contributed by atoms with Crippen molar-refractivity contribution in [3.05, 3.63) is 29.6 Å². The standard InChI is InChI=1S/C17H25N3O/c1-17(2,20-11-9-18-10-12-20)16(21)14-7-3-5-13-6-4-8-19-15(13)14/h4,6,8,14,18H,3,5,7,9-12H2,1-2H3. The summed E-state index contributed by atoms with van der Waals surface area (Å²) in [6, 6.07) is 4.10. The molecule has 0 aromatic carbocycles. The number of ketones is 1. The van der Waals surface area contributed by atoms with Gasteiger partial charge in [-0.05, 0) is 44.7 Å². The van der Waals surface area contributed by atoms with E-state index in [0.717, 1.165) is 51.1 Å². The molecule has 1 fully saturated rings. The normalized spacial score (nSPS) is 23.6. The molecule has 1 atom stereocenters. The van der Waals surface area contributed by atoms with Gasteiger partial charge in [-0.2, -0.15) is 0 Å². The number of carbonyl (C=O) groups excluding carboxylic acids is 1. The number of Topliss-reactive ketones (excluding diaryl/α,β-unsaturated/α-hetero) is 1. The van der Waals surface area contributed by atoms with Gasteiger partial charge >= 0.3 is 0 Å². The zero-order valence-corrected chi connectivity index (χ0v) is 13.1. The molecular weight excluding hydrogens is 262 g/mol. The topological polar surface area (TPSA) is 45.2 Å². The Bertz CT molecular complexity index is 521. The molecule has 1 aromatic heterocycles. The van der Waals surface area contributed by atoms with E-state index in [1.54, 1.807) is 0 Å². The molecule has 1 N–H and O–H groups in total. The molecule has 3 rings (SSSR count). The molecule has 1 saturated heterocycles. The predicted octanol–water partition coefficient (Wildman–Crippen LogP) is 1.75. The van der Waals surface area contributed by atoms with Crippen LogP contribution in [0.4, 0.5) is 0 Å². The van der Waals surface area contributed by atoms with Gasteiger partial charge < -0.3 is 5.32 Å². The molecule has 2 aliphatic rings. The van der Waals surface area contributed by atoms with Crippen molar-refractivity contribution in [1.29, 1.82) is 0 Å². The van der Waals surface area contributed by atoms with Crippen LogP contribution < -0.4 is 5.32 Å². The Kier molecular flexibility index (Phi) is 4.09. The van der Waals surface area contributed by atoms with Gasteiger partial charge in [-0.3, -0.25) is 14.7 Å². The van der Waals surface area contributed by atoms with E-state index in [4.69, 9.17) is 0 Å². The van der Waals surface area contributed by atoms with Crippen LogP contribution in [0.3, 0.4) is 0 Å². The number of rotatable bonds is 3. The molecule has 0 radical (unpaired) electrons. The van der Waals surface area contributed by atoms with Gasteiger partial charge in [0.15, 0.2) is 5.78 Å². The van der Waals surface area contributed by atoms with Gasteiger partial charge in [-0.25, -0.2) is 0 Å². The van der Waals surface area contributed by atoms with Crippen molar-refractivity contribution in [1.82, 2.24) is 15.2 Å². The summed E-state index contributed by atoms with van der Waals surface area (Å²) in [6.07, 6.45) is 4.91. The van der Waals surface area contributed by atoms with E-state index in [-0.39, 0.29) is 5.92 Å². The summed E-state index contributed by atoms with van der Waals surface area (Å²) in [5, 5.41) is 3.36. The van der Waals surface area contributed by atoms with Gasteiger partial charge in [0.05, 0.1) is 17.2 Å². The number of aryl methyl sites for hydroxylation is 1. The third kappa shape index (κ3) is 2.74. The van der Waals surface area contributed by atoms with E-state index in [0.29, 0.717) is 5.78 Å². The highest BCUT2D eigenvalue weighted by molar-refractivity contribution is 5.93. The van der Waals surface area contributed by atoms with Crippen molar-refractivity contribution in [2.45, 2.75) is 44.6 Å². The molecule has 0 bridgehead atoms. The summed E-state index contributed by atoms with van der Waals surface area (Å²) < 4.78 is 0. The summed E-state index contributed by atoms with van der Waals surface area (Å²) in [6.45, 7) is 7.99. The van der Waals surface area contributed by atoms with Gasteiger partial charge in [0.25, 0.3) is 0 Å². The Morgan fingerprint density at radius 2 is 2.14 bits per heavy atom. The molecule has 4 heteroatoms. The average Bonchev–Trinajstić information content (AvgIpc) is 2.54. The Morgan fingerprint density at radius 1 is 1.38 bits per heavy atom. The van der Waals surface area contributed by atoms with Gasteiger partial charge in [0.2, 0.25) is 0 Å². The first-order valence-corrected chi connectivity index (χ1v) is 8.04. The van der Waals surface area contributed by atoms with E-state index < -0.39 is 5.54 Å². The smallest absolute Gasteiger partial charge is 0.161 e. The lowest BCUT2D eigenvalue weighted by molar-refractivity contribution is -0.131. The van der Waals surface area contributed by atoms with Crippen LogP contribution in [0.15, 0.2) is 18.3 Å². The molecule has 0 saturated carbocycles. The van der Waals surface area contributed by atoms with E-state index in [2.05, 4.69) is 35.1 Å². The SMILES string of the molecule is CC(C)(C(=O)C1CCCc2cccnc21)N1CCNCC1. The van der Waals surface area contributed by atoms with E-state index >= 15 is 0 Å². The molecule has 114 valence electrons. The first-order chi connectivity index (χ1) is 10.1. The Morgan fingerprint density at radius 3 is 2.90 bits per heavy atom. The maximum atomic E-state index is 13.2. The maximum Gasteiger partial charge on any atom is 0.161 e. The second-order valence-electron chi connectivity index (χ2n) is 6.65. The van der Waals surface area contributed by atoms with Gasteiger partial charge in [0.1, 0.15) is 0 Å². The van der Waals surface area contributed by atoms with Crippen molar-refractivity contribution >= 4 is 5.78 Å². The lowest BCUT2D eigenvalue weighted by atomic mass is 9.77. The summed E-state index contributed by atoms with van der Waals surface area (Å²) in [5.74, 6) is 0.309. The highest BCUT2D eigenvalue weighted by atomic mass is 16.1. The Labute approximate surface area is 126 Å². The Balaban J connectivity index is 1.85. The number of carbonyl (C=O) groups is 1. The lowest BCUT2D eigenvalue weighted by Gasteiger charge is -2.42. The quantitative estimate of drug-likeness (QED) is 0.920. The minimum absolute atomic E-state index is 0.0279. The van der Waals surface area contributed by atoms with Gasteiger partial charge in [-0.1, -0.05) is 6.07 Å². The van der Waals surface area contributed by atoms with Crippen LogP contribution >= 0.6 is 0 Å². The zero-order chi connectivity index (χ0) is 14.9. The fourth-order valence-electron chi connectivity index (χ4n) is 3.67. The molecule has 0 amide bonds. The van der Waals surface area contributed by atoms with E-state index in [1.165, 1.54) is 5.56 Å². The summed E-state index contributed by atoms with van der Waals surface area (Å²) >= 11 is 0. The number of nitrogens with one attached hydrogen (secondary N) is 1. The molecule has 0 spiro atoms. The number of nitrogens with zero attached hydrogens (tertiary/aromatic N) is 2. The van der Waals surface area contributed by atoms with Crippen LogP contribution in [-0.2, 0) is 11.2 Å². The zero-order valence-electron chi connectivity index (χ0n) is 13.1. The molecule has 1 aliphatic heterocycles. The number of aromatic nitrogens is 1. The number of piperazine rings is 1. The molecular formula is C17H25N3O. The van der Waals surface area contributed by atoms with Gasteiger partial charge in [0, 0.05) is 32.4 Å². The van der Waals surface area contributed by atoms with Crippen molar-refractivity contribution in [3.8, 4) is 0 Å². The first kappa shape index (κ1) is 14.7. The van der Waals surface area contributed by atoms with Crippen LogP contribution in [0.5, 0.6) is 0 Å². The molecule has 4 nitrogen and oxygen atoms in total. The number of hydrogen-bond donors (Lipinski definition) is 1.